The molecule has 0 spiro atoms. The lowest BCUT2D eigenvalue weighted by Crippen LogP contribution is -2.19. The van der Waals surface area contributed by atoms with Crippen LogP contribution in [0.1, 0.15) is 0 Å². The molecule has 8 nitrogen and oxygen atoms in total. The Hall–Kier alpha value is -2.04. The second kappa shape index (κ2) is 6.61. The van der Waals surface area contributed by atoms with Crippen LogP contribution in [-0.2, 0) is 4.79 Å². The van der Waals surface area contributed by atoms with Gasteiger partial charge in [-0.2, -0.15) is 0 Å². The van der Waals surface area contributed by atoms with Gasteiger partial charge in [0.1, 0.15) is 5.82 Å². The van der Waals surface area contributed by atoms with E-state index in [0.717, 1.165) is 16.4 Å². The number of hydrazine groups is 1. The van der Waals surface area contributed by atoms with E-state index in [1.54, 1.807) is 0 Å². The average molecular weight is 332 g/mol. The fraction of sp³-hybridized carbons (Fsp3) is 0.100. The van der Waals surface area contributed by atoms with Crippen LogP contribution in [0.2, 0.25) is 5.02 Å². The van der Waals surface area contributed by atoms with Crippen molar-refractivity contribution in [3.05, 3.63) is 29.0 Å². The van der Waals surface area contributed by atoms with Crippen molar-refractivity contribution in [2.45, 2.75) is 5.16 Å². The molecule has 1 heterocycles. The summed E-state index contributed by atoms with van der Waals surface area (Å²) >= 11 is 6.69. The second-order valence-corrected chi connectivity index (χ2v) is 5.14. The van der Waals surface area contributed by atoms with Gasteiger partial charge >= 0.3 is 0 Å². The molecule has 1 amide bonds. The van der Waals surface area contributed by atoms with Gasteiger partial charge in [0.05, 0.1) is 10.8 Å². The number of aromatic nitrogens is 3. The molecule has 21 heavy (non-hydrogen) atoms. The molecule has 2 rings (SSSR count). The Morgan fingerprint density at radius 1 is 1.48 bits per heavy atom. The van der Waals surface area contributed by atoms with Crippen molar-refractivity contribution in [3.63, 3.8) is 0 Å². The summed E-state index contributed by atoms with van der Waals surface area (Å²) in [5, 5.41) is 10.2. The number of amides is 1. The lowest BCUT2D eigenvalue weighted by atomic mass is 10.3. The standard InChI is InChI=1S/C10H11ClFN7OS/c11-6-3-5(1-2-7(6)12)15-8(20)4-21-10-18-17-9(16-13)19(10)14/h1-3H,4,13-14H2,(H,15,20)(H,16,17). The fourth-order valence-electron chi connectivity index (χ4n) is 1.37. The largest absolute Gasteiger partial charge is 0.334 e. The van der Waals surface area contributed by atoms with Gasteiger partial charge < -0.3 is 11.2 Å². The minimum atomic E-state index is -0.554. The van der Waals surface area contributed by atoms with Crippen molar-refractivity contribution in [3.8, 4) is 0 Å². The highest BCUT2D eigenvalue weighted by molar-refractivity contribution is 7.99. The summed E-state index contributed by atoms with van der Waals surface area (Å²) in [5.41, 5.74) is 2.65. The first-order valence-electron chi connectivity index (χ1n) is 5.56. The van der Waals surface area contributed by atoms with Gasteiger partial charge in [-0.1, -0.05) is 23.4 Å². The van der Waals surface area contributed by atoms with Gasteiger partial charge in [-0.15, -0.1) is 10.2 Å². The summed E-state index contributed by atoms with van der Waals surface area (Å²) in [5.74, 6) is 10.1. The zero-order valence-electron chi connectivity index (χ0n) is 10.5. The number of benzene rings is 1. The Morgan fingerprint density at radius 2 is 2.24 bits per heavy atom. The Kier molecular flexibility index (Phi) is 4.83. The molecular weight excluding hydrogens is 321 g/mol. The summed E-state index contributed by atoms with van der Waals surface area (Å²) in [6, 6.07) is 3.90. The van der Waals surface area contributed by atoms with Gasteiger partial charge in [0.25, 0.3) is 5.95 Å². The third kappa shape index (κ3) is 3.74. The molecule has 0 atom stereocenters. The highest BCUT2D eigenvalue weighted by atomic mass is 35.5. The molecule has 1 aromatic carbocycles. The third-order valence-corrected chi connectivity index (χ3v) is 3.56. The molecule has 1 aromatic heterocycles. The molecule has 0 bridgehead atoms. The number of anilines is 2. The predicted molar refractivity (Wildman–Crippen MR) is 78.7 cm³/mol. The molecule has 0 aliphatic heterocycles. The summed E-state index contributed by atoms with van der Waals surface area (Å²) < 4.78 is 14.1. The van der Waals surface area contributed by atoms with Gasteiger partial charge in [0.15, 0.2) is 0 Å². The van der Waals surface area contributed by atoms with Crippen LogP contribution in [0.5, 0.6) is 0 Å². The van der Waals surface area contributed by atoms with Crippen LogP contribution in [0, 0.1) is 5.82 Å². The molecule has 0 fully saturated rings. The first kappa shape index (κ1) is 15.4. The van der Waals surface area contributed by atoms with E-state index < -0.39 is 5.82 Å². The molecule has 112 valence electrons. The van der Waals surface area contributed by atoms with E-state index in [9.17, 15) is 9.18 Å². The van der Waals surface area contributed by atoms with Crippen molar-refractivity contribution in [2.24, 2.45) is 5.84 Å². The zero-order chi connectivity index (χ0) is 15.4. The molecule has 0 saturated heterocycles. The monoisotopic (exact) mass is 331 g/mol. The lowest BCUT2D eigenvalue weighted by molar-refractivity contribution is -0.113. The number of halogens is 2. The molecule has 0 unspecified atom stereocenters. The van der Waals surface area contributed by atoms with Crippen molar-refractivity contribution in [2.75, 3.05) is 22.3 Å². The molecule has 0 saturated carbocycles. The van der Waals surface area contributed by atoms with Crippen LogP contribution >= 0.6 is 23.4 Å². The first-order chi connectivity index (χ1) is 10.0. The minimum Gasteiger partial charge on any atom is -0.334 e. The fourth-order valence-corrected chi connectivity index (χ4v) is 2.21. The number of hydrogen-bond donors (Lipinski definition) is 4. The lowest BCUT2D eigenvalue weighted by Gasteiger charge is -2.06. The number of thioether (sulfide) groups is 1. The van der Waals surface area contributed by atoms with Crippen molar-refractivity contribution in [1.29, 1.82) is 0 Å². The van der Waals surface area contributed by atoms with Crippen molar-refractivity contribution < 1.29 is 9.18 Å². The van der Waals surface area contributed by atoms with E-state index in [-0.39, 0.29) is 22.6 Å². The van der Waals surface area contributed by atoms with E-state index in [4.69, 9.17) is 23.3 Å². The van der Waals surface area contributed by atoms with Gasteiger partial charge in [-0.3, -0.25) is 10.2 Å². The quantitative estimate of drug-likeness (QED) is 0.363. The van der Waals surface area contributed by atoms with Gasteiger partial charge in [-0.25, -0.2) is 14.9 Å². The summed E-state index contributed by atoms with van der Waals surface area (Å²) in [7, 11) is 0. The molecule has 6 N–H and O–H groups in total. The number of carbonyl (C=O) groups excluding carboxylic acids is 1. The highest BCUT2D eigenvalue weighted by Crippen LogP contribution is 2.20. The third-order valence-electron chi connectivity index (χ3n) is 2.33. The van der Waals surface area contributed by atoms with Crippen molar-refractivity contribution in [1.82, 2.24) is 14.9 Å². The Balaban J connectivity index is 1.92. The van der Waals surface area contributed by atoms with E-state index in [0.29, 0.717) is 10.8 Å². The summed E-state index contributed by atoms with van der Waals surface area (Å²) in [4.78, 5) is 11.8. The maximum atomic E-state index is 13.0. The Bertz CT molecular complexity index is 665. The topological polar surface area (TPSA) is 124 Å². The molecular formula is C10H11ClFN7OS. The van der Waals surface area contributed by atoms with Crippen molar-refractivity contribution >= 4 is 40.9 Å². The van der Waals surface area contributed by atoms with Crippen LogP contribution in [0.25, 0.3) is 0 Å². The Morgan fingerprint density at radius 3 is 2.86 bits per heavy atom. The van der Waals surface area contributed by atoms with Gasteiger partial charge in [0.2, 0.25) is 11.1 Å². The summed E-state index contributed by atoms with van der Waals surface area (Å²) in [6.07, 6.45) is 0. The predicted octanol–water partition coefficient (Wildman–Crippen LogP) is 0.801. The highest BCUT2D eigenvalue weighted by Gasteiger charge is 2.12. The number of rotatable bonds is 5. The zero-order valence-corrected chi connectivity index (χ0v) is 12.1. The molecule has 2 aromatic rings. The number of nitrogens with one attached hydrogen (secondary N) is 2. The second-order valence-electron chi connectivity index (χ2n) is 3.79. The maximum absolute atomic E-state index is 13.0. The number of nitrogens with two attached hydrogens (primary N) is 2. The normalized spacial score (nSPS) is 10.4. The smallest absolute Gasteiger partial charge is 0.258 e. The van der Waals surface area contributed by atoms with Crippen LogP contribution in [-0.4, -0.2) is 26.5 Å². The Labute approximate surface area is 128 Å². The van der Waals surface area contributed by atoms with E-state index in [1.807, 2.05) is 0 Å². The van der Waals surface area contributed by atoms with Gasteiger partial charge in [0, 0.05) is 5.69 Å². The molecule has 0 aliphatic carbocycles. The van der Waals surface area contributed by atoms with Crippen LogP contribution in [0.3, 0.4) is 0 Å². The molecule has 0 aliphatic rings. The SMILES string of the molecule is NNc1nnc(SCC(=O)Nc2ccc(F)c(Cl)c2)n1N. The number of nitrogens with zero attached hydrogens (tertiary/aromatic N) is 3. The number of carbonyl (C=O) groups is 1. The van der Waals surface area contributed by atoms with Crippen LogP contribution in [0.4, 0.5) is 16.0 Å². The summed E-state index contributed by atoms with van der Waals surface area (Å²) in [6.45, 7) is 0. The minimum absolute atomic E-state index is 0.0366. The first-order valence-corrected chi connectivity index (χ1v) is 6.92. The maximum Gasteiger partial charge on any atom is 0.258 e. The number of nitrogen functional groups attached to an aromatic ring is 2. The van der Waals surface area contributed by atoms with Crippen LogP contribution in [0.15, 0.2) is 23.4 Å². The van der Waals surface area contributed by atoms with E-state index in [1.165, 1.54) is 18.2 Å². The number of hydrogen-bond acceptors (Lipinski definition) is 7. The molecule has 0 radical (unpaired) electrons. The van der Waals surface area contributed by atoms with E-state index in [2.05, 4.69) is 20.9 Å². The van der Waals surface area contributed by atoms with Gasteiger partial charge in [-0.05, 0) is 18.2 Å². The average Bonchev–Trinajstić information content (AvgIpc) is 2.81. The van der Waals surface area contributed by atoms with E-state index >= 15 is 0 Å². The molecule has 11 heteroatoms. The van der Waals surface area contributed by atoms with Crippen LogP contribution < -0.4 is 22.4 Å².